The zero-order chi connectivity index (χ0) is 20.6. The molecule has 0 spiro atoms. The van der Waals surface area contributed by atoms with Crippen molar-refractivity contribution in [3.05, 3.63) is 46.8 Å². The predicted octanol–water partition coefficient (Wildman–Crippen LogP) is 2.94. The topological polar surface area (TPSA) is 87.0 Å². The summed E-state index contributed by atoms with van der Waals surface area (Å²) in [5, 5.41) is 0. The van der Waals surface area contributed by atoms with Crippen LogP contribution in [0, 0.1) is 0 Å². The number of hydrogen-bond acceptors (Lipinski definition) is 7. The van der Waals surface area contributed by atoms with Crippen LogP contribution in [0.4, 0.5) is 0 Å². The smallest absolute Gasteiger partial charge is 0.279 e. The Kier molecular flexibility index (Phi) is 5.41. The van der Waals surface area contributed by atoms with Crippen LogP contribution in [0.3, 0.4) is 0 Å². The molecule has 0 radical (unpaired) electrons. The fourth-order valence-corrected chi connectivity index (χ4v) is 5.13. The second kappa shape index (κ2) is 7.85. The van der Waals surface area contributed by atoms with E-state index in [1.54, 1.807) is 48.2 Å². The molecule has 152 valence electrons. The maximum atomic E-state index is 12.8. The van der Waals surface area contributed by atoms with Gasteiger partial charge in [0, 0.05) is 24.1 Å². The molecule has 0 aliphatic carbocycles. The van der Waals surface area contributed by atoms with Crippen LogP contribution in [0.1, 0.15) is 10.4 Å². The number of fused-ring (bicyclic) bond motifs is 2. The van der Waals surface area contributed by atoms with Gasteiger partial charge in [0.15, 0.2) is 26.1 Å². The summed E-state index contributed by atoms with van der Waals surface area (Å²) >= 11 is 2.98. The molecule has 1 aromatic heterocycles. The van der Waals surface area contributed by atoms with Crippen LogP contribution < -0.4 is 14.3 Å². The molecule has 0 N–H and O–H groups in total. The molecule has 1 amide bonds. The molecule has 0 fully saturated rings. The van der Waals surface area contributed by atoms with E-state index in [1.165, 1.54) is 17.6 Å². The minimum atomic E-state index is -3.32. The van der Waals surface area contributed by atoms with Crippen LogP contribution >= 0.6 is 23.1 Å². The van der Waals surface area contributed by atoms with E-state index >= 15 is 0 Å². The monoisotopic (exact) mass is 450 g/mol. The Morgan fingerprint density at radius 3 is 2.76 bits per heavy atom. The number of amides is 1. The van der Waals surface area contributed by atoms with E-state index in [9.17, 15) is 13.2 Å². The Morgan fingerprint density at radius 2 is 2.00 bits per heavy atom. The van der Waals surface area contributed by atoms with Crippen molar-refractivity contribution < 1.29 is 22.7 Å². The molecule has 3 aromatic rings. The molecule has 29 heavy (non-hydrogen) atoms. The number of ether oxygens (including phenoxy) is 2. The van der Waals surface area contributed by atoms with Crippen molar-refractivity contribution in [2.45, 2.75) is 11.4 Å². The van der Waals surface area contributed by atoms with E-state index in [0.29, 0.717) is 28.4 Å². The lowest BCUT2D eigenvalue weighted by Crippen LogP contribution is -2.18. The lowest BCUT2D eigenvalue weighted by Gasteiger charge is -2.04. The molecule has 0 bridgehead atoms. The van der Waals surface area contributed by atoms with E-state index < -0.39 is 15.7 Å². The number of carbonyl (C=O) groups is 1. The maximum absolute atomic E-state index is 12.8. The van der Waals surface area contributed by atoms with Gasteiger partial charge in [0.2, 0.25) is 6.79 Å². The molecule has 2 heterocycles. The number of nitrogens with zero attached hydrogens (tertiary/aromatic N) is 2. The van der Waals surface area contributed by atoms with Crippen LogP contribution in [-0.4, -0.2) is 43.9 Å². The van der Waals surface area contributed by atoms with E-state index in [-0.39, 0.29) is 11.7 Å². The molecule has 4 rings (SSSR count). The highest BCUT2D eigenvalue weighted by Gasteiger charge is 2.17. The molecule has 10 heteroatoms. The highest BCUT2D eigenvalue weighted by Crippen LogP contribution is 2.32. The van der Waals surface area contributed by atoms with Gasteiger partial charge in [-0.25, -0.2) is 8.42 Å². The third-order valence-electron chi connectivity index (χ3n) is 4.42. The molecule has 0 unspecified atom stereocenters. The van der Waals surface area contributed by atoms with Crippen molar-refractivity contribution in [1.29, 1.82) is 0 Å². The SMILES string of the molecule is CSCCn1c(=NC(=O)c2ccc3c(c2)OCO3)sc2cc(S(C)(=O)=O)ccc21. The number of benzene rings is 2. The lowest BCUT2D eigenvalue weighted by atomic mass is 10.2. The standard InChI is InChI=1S/C19H18N2O5S3/c1-27-8-7-21-14-5-4-13(29(2,23)24)10-17(14)28-19(21)20-18(22)12-3-6-15-16(9-12)26-11-25-15/h3-6,9-10H,7-8,11H2,1-2H3. The molecule has 0 saturated carbocycles. The molecular formula is C19H18N2O5S3. The van der Waals surface area contributed by atoms with Crippen LogP contribution in [0.2, 0.25) is 0 Å². The van der Waals surface area contributed by atoms with Gasteiger partial charge in [0.05, 0.1) is 15.1 Å². The number of thioether (sulfide) groups is 1. The average Bonchev–Trinajstić information content (AvgIpc) is 3.28. The Bertz CT molecular complexity index is 1270. The lowest BCUT2D eigenvalue weighted by molar-refractivity contribution is 0.0997. The van der Waals surface area contributed by atoms with Crippen molar-refractivity contribution in [2.24, 2.45) is 4.99 Å². The number of rotatable bonds is 5. The third-order valence-corrected chi connectivity index (χ3v) is 7.16. The van der Waals surface area contributed by atoms with Gasteiger partial charge in [-0.2, -0.15) is 16.8 Å². The number of hydrogen-bond donors (Lipinski definition) is 0. The first-order chi connectivity index (χ1) is 13.9. The van der Waals surface area contributed by atoms with Gasteiger partial charge in [-0.1, -0.05) is 11.3 Å². The number of sulfone groups is 1. The zero-order valence-corrected chi connectivity index (χ0v) is 18.2. The third kappa shape index (κ3) is 4.05. The van der Waals surface area contributed by atoms with Crippen LogP contribution in [0.5, 0.6) is 11.5 Å². The first-order valence-electron chi connectivity index (χ1n) is 8.68. The molecule has 7 nitrogen and oxygen atoms in total. The second-order valence-corrected chi connectivity index (χ2v) is 10.4. The van der Waals surface area contributed by atoms with Gasteiger partial charge in [0.1, 0.15) is 0 Å². The second-order valence-electron chi connectivity index (χ2n) is 6.42. The van der Waals surface area contributed by atoms with Crippen LogP contribution in [0.25, 0.3) is 10.2 Å². The van der Waals surface area contributed by atoms with Crippen molar-refractivity contribution >= 4 is 49.1 Å². The summed E-state index contributed by atoms with van der Waals surface area (Å²) in [5.41, 5.74) is 1.26. The number of thiazole rings is 1. The minimum Gasteiger partial charge on any atom is -0.454 e. The molecule has 0 saturated heterocycles. The Hall–Kier alpha value is -2.30. The van der Waals surface area contributed by atoms with Gasteiger partial charge in [0.25, 0.3) is 5.91 Å². The van der Waals surface area contributed by atoms with E-state index in [1.807, 2.05) is 10.8 Å². The first-order valence-corrected chi connectivity index (χ1v) is 12.8. The van der Waals surface area contributed by atoms with Crippen LogP contribution in [0.15, 0.2) is 46.3 Å². The van der Waals surface area contributed by atoms with Crippen molar-refractivity contribution in [3.8, 4) is 11.5 Å². The minimum absolute atomic E-state index is 0.137. The molecular weight excluding hydrogens is 432 g/mol. The normalized spacial score (nSPS) is 13.9. The van der Waals surface area contributed by atoms with Gasteiger partial charge in [-0.15, -0.1) is 0 Å². The van der Waals surface area contributed by atoms with Crippen molar-refractivity contribution in [1.82, 2.24) is 4.57 Å². The average molecular weight is 451 g/mol. The zero-order valence-electron chi connectivity index (χ0n) is 15.7. The number of aromatic nitrogens is 1. The largest absolute Gasteiger partial charge is 0.454 e. The summed E-state index contributed by atoms with van der Waals surface area (Å²) in [4.78, 5) is 17.9. The maximum Gasteiger partial charge on any atom is 0.279 e. The molecule has 0 atom stereocenters. The summed E-state index contributed by atoms with van der Waals surface area (Å²) < 4.78 is 37.1. The van der Waals surface area contributed by atoms with Gasteiger partial charge in [-0.05, 0) is 42.7 Å². The van der Waals surface area contributed by atoms with E-state index in [0.717, 1.165) is 16.0 Å². The van der Waals surface area contributed by atoms with Crippen molar-refractivity contribution in [3.63, 3.8) is 0 Å². The Balaban J connectivity index is 1.81. The number of carbonyl (C=O) groups excluding carboxylic acids is 1. The van der Waals surface area contributed by atoms with Gasteiger partial charge in [-0.3, -0.25) is 4.79 Å². The summed E-state index contributed by atoms with van der Waals surface area (Å²) in [6.07, 6.45) is 3.18. The first kappa shape index (κ1) is 20.0. The highest BCUT2D eigenvalue weighted by atomic mass is 32.2. The fourth-order valence-electron chi connectivity index (χ4n) is 2.95. The highest BCUT2D eigenvalue weighted by molar-refractivity contribution is 7.98. The van der Waals surface area contributed by atoms with Gasteiger partial charge >= 0.3 is 0 Å². The molecule has 2 aromatic carbocycles. The Morgan fingerprint density at radius 1 is 1.21 bits per heavy atom. The predicted molar refractivity (Wildman–Crippen MR) is 114 cm³/mol. The summed E-state index contributed by atoms with van der Waals surface area (Å²) in [6, 6.07) is 9.96. The quantitative estimate of drug-likeness (QED) is 0.594. The fraction of sp³-hybridized carbons (Fsp3) is 0.263. The number of aryl methyl sites for hydroxylation is 1. The van der Waals surface area contributed by atoms with E-state index in [2.05, 4.69) is 4.99 Å². The summed E-state index contributed by atoms with van der Waals surface area (Å²) in [6.45, 7) is 0.796. The molecule has 1 aliphatic rings. The summed E-state index contributed by atoms with van der Waals surface area (Å²) in [7, 11) is -3.32. The van der Waals surface area contributed by atoms with Gasteiger partial charge < -0.3 is 14.0 Å². The van der Waals surface area contributed by atoms with Crippen molar-refractivity contribution in [2.75, 3.05) is 25.1 Å². The Labute approximate surface area is 175 Å². The van der Waals surface area contributed by atoms with Crippen LogP contribution in [-0.2, 0) is 16.4 Å². The molecule has 1 aliphatic heterocycles. The summed E-state index contributed by atoms with van der Waals surface area (Å²) in [5.74, 6) is 1.57. The van der Waals surface area contributed by atoms with E-state index in [4.69, 9.17) is 9.47 Å².